The van der Waals surface area contributed by atoms with Gasteiger partial charge >= 0.3 is 5.97 Å². The monoisotopic (exact) mass is 296 g/mol. The van der Waals surface area contributed by atoms with Gasteiger partial charge in [-0.2, -0.15) is 9.98 Å². The minimum atomic E-state index is -3.98. The van der Waals surface area contributed by atoms with Gasteiger partial charge in [0.05, 0.1) is 6.07 Å². The summed E-state index contributed by atoms with van der Waals surface area (Å²) in [6.45, 7) is 1.56. The van der Waals surface area contributed by atoms with Crippen LogP contribution in [0.1, 0.15) is 18.9 Å². The van der Waals surface area contributed by atoms with E-state index in [0.717, 1.165) is 0 Å². The van der Waals surface area contributed by atoms with Crippen LogP contribution in [0.4, 0.5) is 0 Å². The maximum atomic E-state index is 11.9. The van der Waals surface area contributed by atoms with Crippen LogP contribution in [0.15, 0.2) is 30.3 Å². The molecule has 1 aromatic rings. The van der Waals surface area contributed by atoms with Crippen molar-refractivity contribution < 1.29 is 18.3 Å². The van der Waals surface area contributed by atoms with Crippen LogP contribution in [0.3, 0.4) is 0 Å². The summed E-state index contributed by atoms with van der Waals surface area (Å²) < 4.78 is 25.9. The molecule has 0 radical (unpaired) electrons. The second-order valence-electron chi connectivity index (χ2n) is 4.27. The topological polar surface area (TPSA) is 107 Å². The van der Waals surface area contributed by atoms with E-state index in [4.69, 9.17) is 10.4 Å². The molecule has 7 heteroatoms. The standard InChI is InChI=1S/C13H16N2O4S/c1-2-11(9-14)20(18,19)15-12(13(16)17)8-10-6-4-3-5-7-10/h3-7,11-12,15H,2,8H2,1H3,(H,16,17). The van der Waals surface area contributed by atoms with E-state index in [9.17, 15) is 13.2 Å². The molecule has 0 aliphatic rings. The first kappa shape index (κ1) is 16.1. The highest BCUT2D eigenvalue weighted by atomic mass is 32.2. The smallest absolute Gasteiger partial charge is 0.322 e. The molecular weight excluding hydrogens is 280 g/mol. The van der Waals surface area contributed by atoms with Crippen molar-refractivity contribution in [1.29, 1.82) is 5.26 Å². The lowest BCUT2D eigenvalue weighted by atomic mass is 10.1. The highest BCUT2D eigenvalue weighted by Crippen LogP contribution is 2.08. The third-order valence-corrected chi connectivity index (χ3v) is 4.58. The van der Waals surface area contributed by atoms with Crippen LogP contribution in [-0.2, 0) is 21.2 Å². The Kier molecular flexibility index (Phi) is 5.67. The number of carboxylic acids is 1. The summed E-state index contributed by atoms with van der Waals surface area (Å²) >= 11 is 0. The molecule has 2 atom stereocenters. The minimum absolute atomic E-state index is 0.0251. The van der Waals surface area contributed by atoms with Gasteiger partial charge in [-0.1, -0.05) is 37.3 Å². The van der Waals surface area contributed by atoms with Crippen LogP contribution in [-0.4, -0.2) is 30.8 Å². The van der Waals surface area contributed by atoms with Crippen molar-refractivity contribution in [1.82, 2.24) is 4.72 Å². The zero-order valence-electron chi connectivity index (χ0n) is 11.0. The Balaban J connectivity index is 2.89. The van der Waals surface area contributed by atoms with Crippen molar-refractivity contribution in [2.45, 2.75) is 31.1 Å². The Hall–Kier alpha value is -1.91. The molecule has 0 saturated heterocycles. The first-order valence-corrected chi connectivity index (χ1v) is 7.62. The summed E-state index contributed by atoms with van der Waals surface area (Å²) in [7, 11) is -3.98. The van der Waals surface area contributed by atoms with Gasteiger partial charge in [-0.15, -0.1) is 0 Å². The first-order chi connectivity index (χ1) is 9.40. The van der Waals surface area contributed by atoms with Crippen molar-refractivity contribution in [3.05, 3.63) is 35.9 Å². The van der Waals surface area contributed by atoms with Crippen LogP contribution in [0.5, 0.6) is 0 Å². The zero-order chi connectivity index (χ0) is 15.2. The van der Waals surface area contributed by atoms with Crippen LogP contribution in [0.25, 0.3) is 0 Å². The number of aliphatic carboxylic acids is 1. The molecule has 1 rings (SSSR count). The number of nitriles is 1. The van der Waals surface area contributed by atoms with Gasteiger partial charge in [-0.3, -0.25) is 4.79 Å². The van der Waals surface area contributed by atoms with Crippen molar-refractivity contribution in [3.8, 4) is 6.07 Å². The van der Waals surface area contributed by atoms with Crippen molar-refractivity contribution in [2.75, 3.05) is 0 Å². The maximum Gasteiger partial charge on any atom is 0.322 e. The molecular formula is C13H16N2O4S. The van der Waals surface area contributed by atoms with Crippen LogP contribution in [0.2, 0.25) is 0 Å². The molecule has 0 aliphatic carbocycles. The summed E-state index contributed by atoms with van der Waals surface area (Å²) in [6, 6.07) is 9.07. The fourth-order valence-electron chi connectivity index (χ4n) is 1.69. The number of sulfonamides is 1. The molecule has 0 spiro atoms. The van der Waals surface area contributed by atoms with Gasteiger partial charge in [-0.05, 0) is 18.4 Å². The van der Waals surface area contributed by atoms with E-state index < -0.39 is 27.3 Å². The molecule has 108 valence electrons. The van der Waals surface area contributed by atoms with Gasteiger partial charge in [0.25, 0.3) is 0 Å². The molecule has 0 saturated carbocycles. The molecule has 1 aromatic carbocycles. The normalized spacial score (nSPS) is 14.2. The number of rotatable bonds is 7. The summed E-state index contributed by atoms with van der Waals surface area (Å²) in [5, 5.41) is 16.7. The number of carbonyl (C=O) groups is 1. The van der Waals surface area contributed by atoms with Gasteiger partial charge in [0, 0.05) is 0 Å². The number of hydrogen-bond donors (Lipinski definition) is 2. The van der Waals surface area contributed by atoms with E-state index in [1.807, 2.05) is 0 Å². The van der Waals surface area contributed by atoms with Gasteiger partial charge in [-0.25, -0.2) is 8.42 Å². The van der Waals surface area contributed by atoms with Gasteiger partial charge in [0.2, 0.25) is 10.0 Å². The number of carboxylic acid groups (broad SMARTS) is 1. The largest absolute Gasteiger partial charge is 0.480 e. The van der Waals surface area contributed by atoms with Crippen LogP contribution >= 0.6 is 0 Å². The second kappa shape index (κ2) is 7.03. The molecule has 0 aromatic heterocycles. The lowest BCUT2D eigenvalue weighted by Crippen LogP contribution is -2.45. The SMILES string of the molecule is CCC(C#N)S(=O)(=O)NC(Cc1ccccc1)C(=O)O. The van der Waals surface area contributed by atoms with Crippen molar-refractivity contribution in [3.63, 3.8) is 0 Å². The van der Waals surface area contributed by atoms with E-state index in [-0.39, 0.29) is 12.8 Å². The molecule has 2 unspecified atom stereocenters. The predicted octanol–water partition coefficient (Wildman–Crippen LogP) is 0.904. The number of benzene rings is 1. The predicted molar refractivity (Wildman–Crippen MR) is 73.3 cm³/mol. The summed E-state index contributed by atoms with van der Waals surface area (Å²) in [6.07, 6.45) is 0.126. The second-order valence-corrected chi connectivity index (χ2v) is 6.16. The van der Waals surface area contributed by atoms with E-state index >= 15 is 0 Å². The van der Waals surface area contributed by atoms with E-state index in [1.165, 1.54) is 0 Å². The van der Waals surface area contributed by atoms with E-state index in [2.05, 4.69) is 4.72 Å². The number of hydrogen-bond acceptors (Lipinski definition) is 4. The van der Waals surface area contributed by atoms with Gasteiger partial charge in [0.1, 0.15) is 6.04 Å². The van der Waals surface area contributed by atoms with Crippen LogP contribution in [0, 0.1) is 11.3 Å². The Morgan fingerprint density at radius 3 is 2.45 bits per heavy atom. The van der Waals surface area contributed by atoms with Crippen LogP contribution < -0.4 is 4.72 Å². The van der Waals surface area contributed by atoms with Crippen molar-refractivity contribution in [2.24, 2.45) is 0 Å². The molecule has 2 N–H and O–H groups in total. The molecule has 0 bridgehead atoms. The first-order valence-electron chi connectivity index (χ1n) is 6.08. The quantitative estimate of drug-likeness (QED) is 0.777. The Morgan fingerprint density at radius 2 is 2.00 bits per heavy atom. The van der Waals surface area contributed by atoms with Gasteiger partial charge in [0.15, 0.2) is 5.25 Å². The van der Waals surface area contributed by atoms with E-state index in [1.54, 1.807) is 43.3 Å². The molecule has 0 amide bonds. The molecule has 0 fully saturated rings. The summed E-state index contributed by atoms with van der Waals surface area (Å²) in [5.74, 6) is -1.27. The Bertz CT molecular complexity index is 593. The fourth-order valence-corrected chi connectivity index (χ4v) is 3.01. The third-order valence-electron chi connectivity index (χ3n) is 2.78. The molecule has 20 heavy (non-hydrogen) atoms. The van der Waals surface area contributed by atoms with E-state index in [0.29, 0.717) is 5.56 Å². The third kappa shape index (κ3) is 4.33. The maximum absolute atomic E-state index is 11.9. The number of nitrogens with one attached hydrogen (secondary N) is 1. The highest BCUT2D eigenvalue weighted by Gasteiger charge is 2.30. The average molecular weight is 296 g/mol. The average Bonchev–Trinajstić information content (AvgIpc) is 2.39. The summed E-state index contributed by atoms with van der Waals surface area (Å²) in [4.78, 5) is 11.2. The summed E-state index contributed by atoms with van der Waals surface area (Å²) in [5.41, 5.74) is 0.701. The Morgan fingerprint density at radius 1 is 1.40 bits per heavy atom. The van der Waals surface area contributed by atoms with Gasteiger partial charge < -0.3 is 5.11 Å². The zero-order valence-corrected chi connectivity index (χ0v) is 11.8. The molecule has 0 heterocycles. The highest BCUT2D eigenvalue weighted by molar-refractivity contribution is 7.90. The number of nitrogens with zero attached hydrogens (tertiary/aromatic N) is 1. The Labute approximate surface area is 118 Å². The lowest BCUT2D eigenvalue weighted by molar-refractivity contribution is -0.138. The molecule has 0 aliphatic heterocycles. The molecule has 6 nitrogen and oxygen atoms in total. The fraction of sp³-hybridized carbons (Fsp3) is 0.385. The lowest BCUT2D eigenvalue weighted by Gasteiger charge is -2.16. The minimum Gasteiger partial charge on any atom is -0.480 e. The van der Waals surface area contributed by atoms with Crippen molar-refractivity contribution >= 4 is 16.0 Å².